The Morgan fingerprint density at radius 3 is 2.26 bits per heavy atom. The first-order valence-electron chi connectivity index (χ1n) is 6.73. The van der Waals surface area contributed by atoms with E-state index in [4.69, 9.17) is 0 Å². The molecule has 19 heavy (non-hydrogen) atoms. The molecule has 0 fully saturated rings. The van der Waals surface area contributed by atoms with Crippen molar-refractivity contribution in [2.24, 2.45) is 0 Å². The van der Waals surface area contributed by atoms with E-state index in [1.807, 2.05) is 6.20 Å². The average molecular weight is 249 g/mol. The van der Waals surface area contributed by atoms with Gasteiger partial charge in [0.05, 0.1) is 0 Å². The number of hydrogen-bond acceptors (Lipinski definition) is 0. The number of nitrogens with one attached hydrogen (secondary N) is 1. The van der Waals surface area contributed by atoms with Crippen LogP contribution >= 0.6 is 0 Å². The van der Waals surface area contributed by atoms with E-state index in [1.54, 1.807) is 0 Å². The minimum atomic E-state index is 0.144. The molecule has 0 unspecified atom stereocenters. The Morgan fingerprint density at radius 1 is 0.842 bits per heavy atom. The molecule has 1 N–H and O–H groups in total. The molecule has 0 radical (unpaired) electrons. The van der Waals surface area contributed by atoms with E-state index in [1.165, 1.54) is 27.6 Å². The molecular weight excluding hydrogens is 230 g/mol. The zero-order valence-corrected chi connectivity index (χ0v) is 11.7. The highest BCUT2D eigenvalue weighted by molar-refractivity contribution is 5.89. The van der Waals surface area contributed by atoms with Crippen LogP contribution in [0.25, 0.3) is 22.0 Å². The lowest BCUT2D eigenvalue weighted by atomic mass is 9.83. The van der Waals surface area contributed by atoms with Gasteiger partial charge in [-0.15, -0.1) is 0 Å². The Hall–Kier alpha value is -2.02. The molecule has 0 saturated carbocycles. The highest BCUT2D eigenvalue weighted by Gasteiger charge is 2.18. The van der Waals surface area contributed by atoms with Gasteiger partial charge in [0.15, 0.2) is 0 Å². The van der Waals surface area contributed by atoms with Gasteiger partial charge in [-0.3, -0.25) is 0 Å². The first kappa shape index (κ1) is 12.0. The van der Waals surface area contributed by atoms with Gasteiger partial charge in [-0.2, -0.15) is 0 Å². The molecule has 1 aromatic heterocycles. The molecule has 0 aliphatic heterocycles. The molecule has 3 aromatic rings. The van der Waals surface area contributed by atoms with Gasteiger partial charge >= 0.3 is 0 Å². The van der Waals surface area contributed by atoms with Crippen molar-refractivity contribution in [2.45, 2.75) is 26.2 Å². The predicted molar refractivity (Wildman–Crippen MR) is 82.4 cm³/mol. The van der Waals surface area contributed by atoms with Crippen LogP contribution in [0.3, 0.4) is 0 Å². The van der Waals surface area contributed by atoms with Crippen LogP contribution < -0.4 is 0 Å². The lowest BCUT2D eigenvalue weighted by molar-refractivity contribution is 0.596. The molecule has 0 atom stereocenters. The van der Waals surface area contributed by atoms with E-state index in [2.05, 4.69) is 74.3 Å². The molecule has 0 bridgehead atoms. The lowest BCUT2D eigenvalue weighted by Crippen LogP contribution is -2.11. The summed E-state index contributed by atoms with van der Waals surface area (Å²) in [5, 5.41) is 1.33. The summed E-state index contributed by atoms with van der Waals surface area (Å²) in [6.07, 6.45) is 2.02. The first-order valence-corrected chi connectivity index (χ1v) is 6.73. The highest BCUT2D eigenvalue weighted by atomic mass is 14.7. The van der Waals surface area contributed by atoms with Crippen molar-refractivity contribution >= 4 is 10.9 Å². The van der Waals surface area contributed by atoms with Crippen molar-refractivity contribution in [3.63, 3.8) is 0 Å². The van der Waals surface area contributed by atoms with Gasteiger partial charge < -0.3 is 4.98 Å². The van der Waals surface area contributed by atoms with Crippen molar-refractivity contribution < 1.29 is 0 Å². The summed E-state index contributed by atoms with van der Waals surface area (Å²) >= 11 is 0. The van der Waals surface area contributed by atoms with Gasteiger partial charge in [0.2, 0.25) is 0 Å². The second-order valence-corrected chi connectivity index (χ2v) is 6.08. The van der Waals surface area contributed by atoms with Crippen LogP contribution in [0.2, 0.25) is 0 Å². The van der Waals surface area contributed by atoms with Gasteiger partial charge in [0.25, 0.3) is 0 Å². The minimum absolute atomic E-state index is 0.144. The fourth-order valence-electron chi connectivity index (χ4n) is 2.58. The predicted octanol–water partition coefficient (Wildman–Crippen LogP) is 5.13. The molecular formula is C18H19N. The molecule has 1 nitrogen and oxygen atoms in total. The summed E-state index contributed by atoms with van der Waals surface area (Å²) < 4.78 is 0. The third kappa shape index (κ3) is 2.17. The van der Waals surface area contributed by atoms with Gasteiger partial charge in [-0.05, 0) is 40.3 Å². The van der Waals surface area contributed by atoms with E-state index >= 15 is 0 Å². The van der Waals surface area contributed by atoms with E-state index in [0.717, 1.165) is 0 Å². The number of fused-ring (bicyclic) bond motifs is 1. The number of aromatic amines is 1. The van der Waals surface area contributed by atoms with Crippen molar-refractivity contribution in [1.29, 1.82) is 0 Å². The zero-order valence-electron chi connectivity index (χ0n) is 11.7. The van der Waals surface area contributed by atoms with E-state index in [0.29, 0.717) is 0 Å². The van der Waals surface area contributed by atoms with Crippen LogP contribution in [0, 0.1) is 0 Å². The second kappa shape index (κ2) is 4.27. The molecule has 0 saturated heterocycles. The summed E-state index contributed by atoms with van der Waals surface area (Å²) in [4.78, 5) is 3.34. The number of H-pyrrole nitrogens is 1. The largest absolute Gasteiger partial charge is 0.361 e. The van der Waals surface area contributed by atoms with Crippen LogP contribution in [0.1, 0.15) is 26.3 Å². The SMILES string of the molecule is CC(C)(C)c1cc(-c2ccccc2)cc2[nH]ccc12. The molecule has 96 valence electrons. The maximum Gasteiger partial charge on any atom is 0.0463 e. The number of rotatable bonds is 1. The van der Waals surface area contributed by atoms with E-state index < -0.39 is 0 Å². The van der Waals surface area contributed by atoms with Crippen LogP contribution in [0.15, 0.2) is 54.7 Å². The summed E-state index contributed by atoms with van der Waals surface area (Å²) in [7, 11) is 0. The summed E-state index contributed by atoms with van der Waals surface area (Å²) in [6.45, 7) is 6.80. The van der Waals surface area contributed by atoms with Gasteiger partial charge in [0.1, 0.15) is 0 Å². The Balaban J connectivity index is 2.28. The van der Waals surface area contributed by atoms with Crippen molar-refractivity contribution in [3.05, 3.63) is 60.3 Å². The Morgan fingerprint density at radius 2 is 1.58 bits per heavy atom. The highest BCUT2D eigenvalue weighted by Crippen LogP contribution is 2.34. The van der Waals surface area contributed by atoms with Gasteiger partial charge in [-0.25, -0.2) is 0 Å². The normalized spacial score (nSPS) is 11.9. The molecule has 2 aromatic carbocycles. The van der Waals surface area contributed by atoms with E-state index in [-0.39, 0.29) is 5.41 Å². The fraction of sp³-hybridized carbons (Fsp3) is 0.222. The van der Waals surface area contributed by atoms with Crippen LogP contribution in [0.4, 0.5) is 0 Å². The average Bonchev–Trinajstić information content (AvgIpc) is 2.85. The third-order valence-corrected chi connectivity index (χ3v) is 3.58. The van der Waals surface area contributed by atoms with Crippen LogP contribution in [-0.2, 0) is 5.41 Å². The van der Waals surface area contributed by atoms with Crippen LogP contribution in [0.5, 0.6) is 0 Å². The quantitative estimate of drug-likeness (QED) is 0.615. The van der Waals surface area contributed by atoms with Crippen LogP contribution in [-0.4, -0.2) is 4.98 Å². The Labute approximate surface area is 114 Å². The summed E-state index contributed by atoms with van der Waals surface area (Å²) in [5.41, 5.74) is 5.30. The molecule has 0 amide bonds. The number of hydrogen-bond donors (Lipinski definition) is 1. The van der Waals surface area contributed by atoms with Crippen molar-refractivity contribution in [1.82, 2.24) is 4.98 Å². The molecule has 0 spiro atoms. The minimum Gasteiger partial charge on any atom is -0.361 e. The Kier molecular flexibility index (Phi) is 2.70. The maximum absolute atomic E-state index is 3.34. The molecule has 1 heterocycles. The lowest BCUT2D eigenvalue weighted by Gasteiger charge is -2.21. The van der Waals surface area contributed by atoms with Crippen molar-refractivity contribution in [2.75, 3.05) is 0 Å². The summed E-state index contributed by atoms with van der Waals surface area (Å²) in [6, 6.07) is 17.3. The third-order valence-electron chi connectivity index (χ3n) is 3.58. The molecule has 0 aliphatic rings. The number of aromatic nitrogens is 1. The smallest absolute Gasteiger partial charge is 0.0463 e. The molecule has 3 rings (SSSR count). The summed E-state index contributed by atoms with van der Waals surface area (Å²) in [5.74, 6) is 0. The monoisotopic (exact) mass is 249 g/mol. The second-order valence-electron chi connectivity index (χ2n) is 6.08. The standard InChI is InChI=1S/C18H19N/c1-18(2,3)16-11-14(13-7-5-4-6-8-13)12-17-15(16)9-10-19-17/h4-12,19H,1-3H3. The van der Waals surface area contributed by atoms with Gasteiger partial charge in [0, 0.05) is 17.1 Å². The van der Waals surface area contributed by atoms with E-state index in [9.17, 15) is 0 Å². The number of benzene rings is 2. The molecule has 1 heteroatoms. The zero-order chi connectivity index (χ0) is 13.5. The maximum atomic E-state index is 3.34. The van der Waals surface area contributed by atoms with Crippen molar-refractivity contribution in [3.8, 4) is 11.1 Å². The molecule has 0 aliphatic carbocycles. The first-order chi connectivity index (χ1) is 9.05. The fourth-order valence-corrected chi connectivity index (χ4v) is 2.58. The Bertz CT molecular complexity index is 699. The van der Waals surface area contributed by atoms with Gasteiger partial charge in [-0.1, -0.05) is 51.1 Å². The topological polar surface area (TPSA) is 15.8 Å².